The molecule has 3 fully saturated rings. The van der Waals surface area contributed by atoms with Crippen LogP contribution in [0.2, 0.25) is 0 Å². The van der Waals surface area contributed by atoms with Gasteiger partial charge >= 0.3 is 5.97 Å². The fourth-order valence-electron chi connectivity index (χ4n) is 8.74. The lowest BCUT2D eigenvalue weighted by Gasteiger charge is -2.48. The lowest BCUT2D eigenvalue weighted by Crippen LogP contribution is -2.60. The van der Waals surface area contributed by atoms with E-state index in [1.807, 2.05) is 51.7 Å². The van der Waals surface area contributed by atoms with Crippen LogP contribution in [0.1, 0.15) is 94.9 Å². The largest absolute Gasteiger partial charge is 0.459 e. The molecule has 3 heterocycles. The third kappa shape index (κ3) is 10.0. The average Bonchev–Trinajstić information content (AvgIpc) is 3.05. The third-order valence-corrected chi connectivity index (χ3v) is 12.2. The fourth-order valence-corrected chi connectivity index (χ4v) is 8.74. The summed E-state index contributed by atoms with van der Waals surface area (Å²) in [5, 5.41) is 58.1. The molecule has 0 bridgehead atoms. The predicted octanol–water partition coefficient (Wildman–Crippen LogP) is 1.90. The van der Waals surface area contributed by atoms with E-state index in [0.29, 0.717) is 13.0 Å². The van der Waals surface area contributed by atoms with Gasteiger partial charge in [-0.1, -0.05) is 20.8 Å². The lowest BCUT2D eigenvalue weighted by molar-refractivity contribution is -0.318. The minimum absolute atomic E-state index is 0.133. The molecule has 18 atom stereocenters. The first-order valence-electron chi connectivity index (χ1n) is 19.1. The van der Waals surface area contributed by atoms with Gasteiger partial charge in [0.05, 0.1) is 41.5 Å². The van der Waals surface area contributed by atoms with Gasteiger partial charge in [-0.3, -0.25) is 4.79 Å². The van der Waals surface area contributed by atoms with Gasteiger partial charge in [0, 0.05) is 38.1 Å². The fraction of sp³-hybridized carbons (Fsp3) is 0.974. The van der Waals surface area contributed by atoms with Crippen molar-refractivity contribution in [2.75, 3.05) is 34.8 Å². The molecule has 3 saturated heterocycles. The first kappa shape index (κ1) is 45.4. The second-order valence-electron chi connectivity index (χ2n) is 17.2. The molecule has 3 aliphatic heterocycles. The highest BCUT2D eigenvalue weighted by atomic mass is 16.7. The zero-order chi connectivity index (χ0) is 39.7. The monoisotopic (exact) mass is 749 g/mol. The van der Waals surface area contributed by atoms with Crippen LogP contribution >= 0.6 is 0 Å². The lowest BCUT2D eigenvalue weighted by atomic mass is 9.77. The highest BCUT2D eigenvalue weighted by molar-refractivity contribution is 5.73. The van der Waals surface area contributed by atoms with Gasteiger partial charge in [0.2, 0.25) is 0 Å². The molecule has 0 saturated carbocycles. The van der Waals surface area contributed by atoms with E-state index < -0.39 is 96.0 Å². The molecule has 5 N–H and O–H groups in total. The quantitative estimate of drug-likeness (QED) is 0.238. The van der Waals surface area contributed by atoms with Crippen molar-refractivity contribution in [1.82, 2.24) is 9.80 Å². The van der Waals surface area contributed by atoms with Crippen LogP contribution in [-0.2, 0) is 33.2 Å². The van der Waals surface area contributed by atoms with Crippen molar-refractivity contribution < 1.29 is 58.7 Å². The van der Waals surface area contributed by atoms with Gasteiger partial charge in [-0.2, -0.15) is 0 Å². The van der Waals surface area contributed by atoms with Crippen LogP contribution in [0, 0.1) is 17.8 Å². The molecular formula is C38H72N2O12. The molecule has 0 radical (unpaired) electrons. The number of aliphatic hydroxyl groups excluding tert-OH is 3. The maximum absolute atomic E-state index is 14.2. The molecule has 3 rings (SSSR count). The smallest absolute Gasteiger partial charge is 0.311 e. The predicted molar refractivity (Wildman–Crippen MR) is 194 cm³/mol. The van der Waals surface area contributed by atoms with Gasteiger partial charge in [0.25, 0.3) is 0 Å². The maximum Gasteiger partial charge on any atom is 0.311 e. The number of hydrogen-bond donors (Lipinski definition) is 5. The topological polar surface area (TPSA) is 180 Å². The normalized spacial score (nSPS) is 49.6. The molecule has 3 aliphatic rings. The van der Waals surface area contributed by atoms with Gasteiger partial charge in [0.15, 0.2) is 12.6 Å². The van der Waals surface area contributed by atoms with Gasteiger partial charge < -0.3 is 63.8 Å². The Morgan fingerprint density at radius 2 is 1.56 bits per heavy atom. The zero-order valence-electron chi connectivity index (χ0n) is 34.2. The van der Waals surface area contributed by atoms with E-state index in [9.17, 15) is 30.3 Å². The molecule has 0 aliphatic carbocycles. The van der Waals surface area contributed by atoms with Crippen LogP contribution in [0.4, 0.5) is 0 Å². The summed E-state index contributed by atoms with van der Waals surface area (Å²) in [4.78, 5) is 18.0. The maximum atomic E-state index is 14.2. The summed E-state index contributed by atoms with van der Waals surface area (Å²) in [5.74, 6) is -2.58. The summed E-state index contributed by atoms with van der Waals surface area (Å²) < 4.78 is 37.5. The summed E-state index contributed by atoms with van der Waals surface area (Å²) in [6.07, 6.45) is -8.19. The number of aliphatic hydroxyl groups is 5. The summed E-state index contributed by atoms with van der Waals surface area (Å²) in [6, 6.07) is -0.808. The first-order valence-corrected chi connectivity index (χ1v) is 19.1. The Hall–Kier alpha value is -1.01. The highest BCUT2D eigenvalue weighted by Gasteiger charge is 2.52. The Morgan fingerprint density at radius 3 is 2.12 bits per heavy atom. The van der Waals surface area contributed by atoms with Crippen molar-refractivity contribution in [3.05, 3.63) is 0 Å². The Bertz CT molecular complexity index is 1140. The Labute approximate surface area is 312 Å². The number of ether oxygens (including phenoxy) is 6. The number of likely N-dealkylation sites (N-methyl/N-ethyl adjacent to an activating group) is 2. The Balaban J connectivity index is 2.17. The number of nitrogens with zero attached hydrogens (tertiary/aromatic N) is 2. The van der Waals surface area contributed by atoms with Crippen molar-refractivity contribution in [2.45, 2.75) is 185 Å². The molecule has 14 heteroatoms. The van der Waals surface area contributed by atoms with E-state index in [-0.39, 0.29) is 37.3 Å². The molecule has 52 heavy (non-hydrogen) atoms. The third-order valence-electron chi connectivity index (χ3n) is 12.2. The standard InChI is InChI=1S/C38H72N2O12/c1-15-27-38(10,46)31(42)24(6)40(13)19-20(2)17-36(8,45)33(52-35-29(41)26(39(11)12)16-21(3)48-35)22(4)30(23(5)34(44)50-27)51-28-18-37(9,47-14)32(43)25(7)49-28/h20-33,35,41-43,45-46H,15-19H2,1-14H3/t20-,21-,22+,23-,24-,25+,26+,27-,28?,29-,30?,31-,32+,33-,35+,36-,37+,38-/m1/s1. The average molecular weight is 749 g/mol. The molecule has 0 spiro atoms. The molecule has 0 aromatic rings. The molecule has 0 aromatic carbocycles. The van der Waals surface area contributed by atoms with E-state index >= 15 is 0 Å². The number of cyclic esters (lactones) is 1. The van der Waals surface area contributed by atoms with E-state index in [1.165, 1.54) is 14.0 Å². The molecule has 14 nitrogen and oxygen atoms in total. The highest BCUT2D eigenvalue weighted by Crippen LogP contribution is 2.40. The summed E-state index contributed by atoms with van der Waals surface area (Å²) >= 11 is 0. The zero-order valence-corrected chi connectivity index (χ0v) is 34.2. The van der Waals surface area contributed by atoms with Crippen molar-refractivity contribution >= 4 is 5.97 Å². The van der Waals surface area contributed by atoms with E-state index in [2.05, 4.69) is 0 Å². The Morgan fingerprint density at radius 1 is 0.942 bits per heavy atom. The Kier molecular flexibility index (Phi) is 15.6. The van der Waals surface area contributed by atoms with E-state index in [1.54, 1.807) is 41.5 Å². The van der Waals surface area contributed by atoms with E-state index in [4.69, 9.17) is 28.4 Å². The number of rotatable bonds is 7. The van der Waals surface area contributed by atoms with Crippen LogP contribution in [0.25, 0.3) is 0 Å². The minimum atomic E-state index is -1.80. The van der Waals surface area contributed by atoms with Gasteiger partial charge in [0.1, 0.15) is 30.0 Å². The molecule has 306 valence electrons. The number of carbonyl (C=O) groups is 1. The molecule has 2 unspecified atom stereocenters. The van der Waals surface area contributed by atoms with Crippen LogP contribution < -0.4 is 0 Å². The number of carbonyl (C=O) groups excluding carboxylic acids is 1. The molecule has 0 aromatic heterocycles. The SMILES string of the molecule is CC[C@H]1OC(=O)[C@H](C)C(OC2C[C@](C)(OC)[C@@H](O)[C@H](C)O2)[C@H](C)[C@@H](O[C@@H]2O[C@H](C)C[C@H](N(C)C)[C@H]2O)[C@](C)(O)C[C@@H](C)CN(C)[C@H](C)[C@@H](O)[C@]1(C)O. The van der Waals surface area contributed by atoms with Crippen molar-refractivity contribution in [2.24, 2.45) is 17.8 Å². The van der Waals surface area contributed by atoms with Crippen molar-refractivity contribution in [1.29, 1.82) is 0 Å². The van der Waals surface area contributed by atoms with Gasteiger partial charge in [-0.05, 0) is 94.8 Å². The van der Waals surface area contributed by atoms with E-state index in [0.717, 1.165) is 0 Å². The summed E-state index contributed by atoms with van der Waals surface area (Å²) in [7, 11) is 7.12. The number of hydrogen-bond acceptors (Lipinski definition) is 14. The van der Waals surface area contributed by atoms with Crippen LogP contribution in [0.15, 0.2) is 0 Å². The minimum Gasteiger partial charge on any atom is -0.459 e. The van der Waals surface area contributed by atoms with Crippen LogP contribution in [-0.4, -0.2) is 166 Å². The van der Waals surface area contributed by atoms with Crippen molar-refractivity contribution in [3.8, 4) is 0 Å². The second kappa shape index (κ2) is 17.8. The van der Waals surface area contributed by atoms with Crippen molar-refractivity contribution in [3.63, 3.8) is 0 Å². The van der Waals surface area contributed by atoms with Crippen LogP contribution in [0.3, 0.4) is 0 Å². The molecule has 0 amide bonds. The summed E-state index contributed by atoms with van der Waals surface area (Å²) in [6.45, 7) is 18.0. The van der Waals surface area contributed by atoms with Gasteiger partial charge in [-0.15, -0.1) is 0 Å². The molecular weight excluding hydrogens is 676 g/mol. The second-order valence-corrected chi connectivity index (χ2v) is 17.2. The van der Waals surface area contributed by atoms with Gasteiger partial charge in [-0.25, -0.2) is 0 Å². The number of esters is 1. The summed E-state index contributed by atoms with van der Waals surface area (Å²) in [5.41, 5.74) is -4.37. The first-order chi connectivity index (χ1) is 23.9. The number of methoxy groups -OCH3 is 1. The van der Waals surface area contributed by atoms with Crippen LogP contribution in [0.5, 0.6) is 0 Å².